The smallest absolute Gasteiger partial charge is 0.331 e. The van der Waals surface area contributed by atoms with Crippen molar-refractivity contribution in [1.29, 1.82) is 5.26 Å². The summed E-state index contributed by atoms with van der Waals surface area (Å²) in [6.07, 6.45) is -0.601. The van der Waals surface area contributed by atoms with E-state index < -0.39 is 49.2 Å². The fraction of sp³-hybridized carbons (Fsp3) is 0.800. The third-order valence-electron chi connectivity index (χ3n) is 4.35. The van der Waals surface area contributed by atoms with Gasteiger partial charge in [0.2, 0.25) is 12.7 Å². The van der Waals surface area contributed by atoms with Crippen LogP contribution in [0.3, 0.4) is 0 Å². The molecule has 31 heavy (non-hydrogen) atoms. The maximum Gasteiger partial charge on any atom is 0.331 e. The number of hydrogen-bond donors (Lipinski definition) is 1. The van der Waals surface area contributed by atoms with Crippen LogP contribution in [-0.4, -0.2) is 50.6 Å². The normalized spacial score (nSPS) is 14.6. The van der Waals surface area contributed by atoms with Crippen molar-refractivity contribution in [2.75, 3.05) is 26.6 Å². The van der Waals surface area contributed by atoms with Crippen LogP contribution in [0.2, 0.25) is 0 Å². The zero-order valence-corrected chi connectivity index (χ0v) is 20.4. The third-order valence-corrected chi connectivity index (χ3v) is 5.52. The van der Waals surface area contributed by atoms with Gasteiger partial charge in [-0.3, -0.25) is 28.0 Å². The number of amides is 1. The number of ether oxygens (including phenoxy) is 2. The molecule has 1 amide bonds. The lowest BCUT2D eigenvalue weighted by Crippen LogP contribution is -2.45. The Balaban J connectivity index is 4.90. The van der Waals surface area contributed by atoms with Crippen LogP contribution in [0.5, 0.6) is 0 Å². The van der Waals surface area contributed by atoms with Crippen LogP contribution in [0.25, 0.3) is 0 Å². The largest absolute Gasteiger partial charge is 0.465 e. The first kappa shape index (κ1) is 29.1. The van der Waals surface area contributed by atoms with E-state index in [1.165, 1.54) is 6.66 Å². The van der Waals surface area contributed by atoms with Crippen molar-refractivity contribution < 1.29 is 37.5 Å². The molecule has 178 valence electrons. The second-order valence-corrected chi connectivity index (χ2v) is 10.7. The standard InChI is InChI=1S/C20H35N2O8P/c1-8-20(5,6)16(17(24)22-12-10-15(23)27-13-9-11-21)30-31(7,26)29-14-28-18(25)19(2,3)4/h16H,8-10,12-14H2,1-7H3,(H,22,24)/t16-,31-/m0/s1. The average Bonchev–Trinajstić information content (AvgIpc) is 2.65. The van der Waals surface area contributed by atoms with Crippen LogP contribution < -0.4 is 5.32 Å². The van der Waals surface area contributed by atoms with Gasteiger partial charge < -0.3 is 14.8 Å². The Hall–Kier alpha value is -1.95. The number of carbonyl (C=O) groups is 3. The van der Waals surface area contributed by atoms with Gasteiger partial charge in [0, 0.05) is 18.6 Å². The first-order valence-corrected chi connectivity index (χ1v) is 12.0. The second-order valence-electron chi connectivity index (χ2n) is 8.70. The van der Waals surface area contributed by atoms with Crippen molar-refractivity contribution in [3.05, 3.63) is 0 Å². The summed E-state index contributed by atoms with van der Waals surface area (Å²) in [7, 11) is -3.75. The molecule has 0 radical (unpaired) electrons. The van der Waals surface area contributed by atoms with E-state index in [1.807, 2.05) is 13.0 Å². The van der Waals surface area contributed by atoms with Crippen molar-refractivity contribution in [1.82, 2.24) is 5.32 Å². The molecule has 1 N–H and O–H groups in total. The molecular weight excluding hydrogens is 427 g/mol. The summed E-state index contributed by atoms with van der Waals surface area (Å²) in [4.78, 5) is 36.1. The highest BCUT2D eigenvalue weighted by Crippen LogP contribution is 2.48. The fourth-order valence-corrected chi connectivity index (χ4v) is 3.08. The first-order chi connectivity index (χ1) is 14.2. The number of nitriles is 1. The molecule has 0 aliphatic rings. The molecule has 0 aromatic carbocycles. The fourth-order valence-electron chi connectivity index (χ4n) is 2.01. The van der Waals surface area contributed by atoms with E-state index in [-0.39, 0.29) is 26.0 Å². The Kier molecular flexibility index (Phi) is 12.0. The van der Waals surface area contributed by atoms with Gasteiger partial charge in [-0.15, -0.1) is 0 Å². The van der Waals surface area contributed by atoms with Crippen LogP contribution in [0.1, 0.15) is 60.8 Å². The van der Waals surface area contributed by atoms with Gasteiger partial charge in [0.15, 0.2) is 6.10 Å². The Morgan fingerprint density at radius 2 is 1.74 bits per heavy atom. The van der Waals surface area contributed by atoms with Crippen molar-refractivity contribution in [3.63, 3.8) is 0 Å². The quantitative estimate of drug-likeness (QED) is 0.189. The zero-order chi connectivity index (χ0) is 24.3. The minimum absolute atomic E-state index is 0.00593. The number of rotatable bonds is 13. The molecule has 0 bridgehead atoms. The monoisotopic (exact) mass is 462 g/mol. The number of carbonyl (C=O) groups excluding carboxylic acids is 3. The molecule has 0 aliphatic heterocycles. The Morgan fingerprint density at radius 1 is 1.13 bits per heavy atom. The van der Waals surface area contributed by atoms with Crippen LogP contribution in [0.15, 0.2) is 0 Å². The number of nitrogens with zero attached hydrogens (tertiary/aromatic N) is 1. The molecule has 0 saturated heterocycles. The predicted octanol–water partition coefficient (Wildman–Crippen LogP) is 3.16. The number of esters is 2. The Labute approximate surface area is 184 Å². The van der Waals surface area contributed by atoms with E-state index >= 15 is 0 Å². The summed E-state index contributed by atoms with van der Waals surface area (Å²) in [5.41, 5.74) is -1.45. The van der Waals surface area contributed by atoms with Gasteiger partial charge in [0.25, 0.3) is 0 Å². The lowest BCUT2D eigenvalue weighted by Gasteiger charge is -2.33. The summed E-state index contributed by atoms with van der Waals surface area (Å²) in [6, 6.07) is 1.86. The lowest BCUT2D eigenvalue weighted by atomic mass is 9.83. The summed E-state index contributed by atoms with van der Waals surface area (Å²) >= 11 is 0. The summed E-state index contributed by atoms with van der Waals surface area (Å²) in [6.45, 7) is 11.0. The highest BCUT2D eigenvalue weighted by atomic mass is 31.2. The maximum absolute atomic E-state index is 12.7. The van der Waals surface area contributed by atoms with Crippen molar-refractivity contribution in [3.8, 4) is 6.07 Å². The minimum atomic E-state index is -3.75. The molecule has 0 spiro atoms. The molecule has 0 aromatic heterocycles. The van der Waals surface area contributed by atoms with E-state index in [1.54, 1.807) is 34.6 Å². The number of hydrogen-bond acceptors (Lipinski definition) is 9. The molecule has 0 unspecified atom stereocenters. The molecule has 2 atom stereocenters. The van der Waals surface area contributed by atoms with Crippen molar-refractivity contribution >= 4 is 25.4 Å². The van der Waals surface area contributed by atoms with Gasteiger partial charge >= 0.3 is 19.5 Å². The molecule has 0 saturated carbocycles. The zero-order valence-electron chi connectivity index (χ0n) is 19.5. The van der Waals surface area contributed by atoms with Crippen LogP contribution >= 0.6 is 7.60 Å². The van der Waals surface area contributed by atoms with Gasteiger partial charge in [-0.1, -0.05) is 20.8 Å². The van der Waals surface area contributed by atoms with E-state index in [0.29, 0.717) is 6.42 Å². The van der Waals surface area contributed by atoms with E-state index in [4.69, 9.17) is 23.8 Å². The summed E-state index contributed by atoms with van der Waals surface area (Å²) < 4.78 is 33.2. The second kappa shape index (κ2) is 12.8. The van der Waals surface area contributed by atoms with E-state index in [9.17, 15) is 18.9 Å². The third kappa shape index (κ3) is 11.9. The van der Waals surface area contributed by atoms with Gasteiger partial charge in [-0.2, -0.15) is 5.26 Å². The first-order valence-electron chi connectivity index (χ1n) is 10.0. The van der Waals surface area contributed by atoms with Crippen LogP contribution in [0.4, 0.5) is 0 Å². The molecule has 0 rings (SSSR count). The van der Waals surface area contributed by atoms with Gasteiger partial charge in [0.05, 0.1) is 24.3 Å². The molecule has 11 heteroatoms. The summed E-state index contributed by atoms with van der Waals surface area (Å²) in [5.74, 6) is -1.64. The maximum atomic E-state index is 12.7. The molecule has 0 heterocycles. The highest BCUT2D eigenvalue weighted by Gasteiger charge is 2.39. The summed E-state index contributed by atoms with van der Waals surface area (Å²) in [5, 5.41) is 11.0. The van der Waals surface area contributed by atoms with Crippen LogP contribution in [0, 0.1) is 22.2 Å². The molecule has 0 aliphatic carbocycles. The number of nitrogens with one attached hydrogen (secondary N) is 1. The Morgan fingerprint density at radius 3 is 2.26 bits per heavy atom. The van der Waals surface area contributed by atoms with Crippen molar-refractivity contribution in [2.24, 2.45) is 10.8 Å². The molecule has 10 nitrogen and oxygen atoms in total. The SMILES string of the molecule is CCC(C)(C)[C@@H](O[P@@](C)(=O)OCOC(=O)C(C)(C)C)C(=O)NCCC(=O)OCCC#N. The minimum Gasteiger partial charge on any atom is -0.465 e. The Bertz CT molecular complexity index is 709. The van der Waals surface area contributed by atoms with E-state index in [2.05, 4.69) is 5.32 Å². The van der Waals surface area contributed by atoms with Gasteiger partial charge in [-0.25, -0.2) is 0 Å². The van der Waals surface area contributed by atoms with E-state index in [0.717, 1.165) is 0 Å². The molecule has 0 aromatic rings. The highest BCUT2D eigenvalue weighted by molar-refractivity contribution is 7.53. The molecule has 0 fully saturated rings. The van der Waals surface area contributed by atoms with Crippen molar-refractivity contribution in [2.45, 2.75) is 66.9 Å². The molecular formula is C20H35N2O8P. The average molecular weight is 462 g/mol. The van der Waals surface area contributed by atoms with Gasteiger partial charge in [0.1, 0.15) is 6.61 Å². The predicted molar refractivity (Wildman–Crippen MR) is 113 cm³/mol. The van der Waals surface area contributed by atoms with Gasteiger partial charge in [-0.05, 0) is 27.2 Å². The lowest BCUT2D eigenvalue weighted by molar-refractivity contribution is -0.160. The topological polar surface area (TPSA) is 141 Å². The van der Waals surface area contributed by atoms with Crippen LogP contribution in [-0.2, 0) is 37.5 Å².